The molecular formula is C13H31HfIN3P. The molecule has 19 heavy (non-hydrogen) atoms. The summed E-state index contributed by atoms with van der Waals surface area (Å²) in [6.45, 7) is 2.29. The third-order valence-corrected chi connectivity index (χ3v) is 5.73. The molecule has 3 atom stereocenters. The molecule has 0 saturated heterocycles. The second kappa shape index (κ2) is 22.2. The van der Waals surface area contributed by atoms with Crippen LogP contribution >= 0.6 is 30.7 Å². The molecule has 0 heterocycles. The Balaban J connectivity index is -0.000000122. The monoisotopic (exact) mass is 567 g/mol. The molecule has 0 bridgehead atoms. The van der Waals surface area contributed by atoms with Crippen LogP contribution in [0, 0.1) is 13.3 Å². The first-order chi connectivity index (χ1) is 8.06. The molecule has 0 radical (unpaired) electrons. The number of hydrogen-bond acceptors (Lipinski definition) is 0. The minimum absolute atomic E-state index is 0. The molecule has 114 valence electrons. The Morgan fingerprint density at radius 3 is 1.74 bits per heavy atom. The molecule has 6 heteroatoms. The van der Waals surface area contributed by atoms with E-state index >= 15 is 0 Å². The van der Waals surface area contributed by atoms with E-state index in [4.69, 9.17) is 0 Å². The van der Waals surface area contributed by atoms with Crippen LogP contribution in [0.1, 0.15) is 19.3 Å². The van der Waals surface area contributed by atoms with E-state index in [9.17, 15) is 0 Å². The van der Waals surface area contributed by atoms with E-state index in [0.717, 1.165) is 9.84 Å². The van der Waals surface area contributed by atoms with Gasteiger partial charge in [-0.25, -0.2) is 8.07 Å². The molecule has 0 amide bonds. The van der Waals surface area contributed by atoms with Gasteiger partial charge in [-0.15, -0.1) is 0 Å². The van der Waals surface area contributed by atoms with Crippen molar-refractivity contribution in [1.82, 2.24) is 0 Å². The Kier molecular flexibility index (Phi) is 33.9. The maximum atomic E-state index is 4.35. The van der Waals surface area contributed by atoms with Crippen molar-refractivity contribution in [3.63, 3.8) is 0 Å². The Labute approximate surface area is 156 Å². The van der Waals surface area contributed by atoms with Gasteiger partial charge in [-0.05, 0) is 24.9 Å². The molecule has 0 aromatic carbocycles. The minimum Gasteiger partial charge on any atom is -0.668 e. The second-order valence-corrected chi connectivity index (χ2v) is 7.82. The van der Waals surface area contributed by atoms with E-state index in [2.05, 4.69) is 45.0 Å². The molecule has 1 aliphatic rings. The van der Waals surface area contributed by atoms with E-state index in [1.165, 1.54) is 25.4 Å². The third kappa shape index (κ3) is 19.9. The van der Waals surface area contributed by atoms with Gasteiger partial charge < -0.3 is 23.1 Å². The average molecular weight is 566 g/mol. The van der Waals surface area contributed by atoms with Crippen LogP contribution in [0.2, 0.25) is 0 Å². The Morgan fingerprint density at radius 1 is 1.05 bits per heavy atom. The van der Waals surface area contributed by atoms with Crippen LogP contribution in [0.4, 0.5) is 0 Å². The van der Waals surface area contributed by atoms with Crippen molar-refractivity contribution in [3.05, 3.63) is 23.1 Å². The summed E-state index contributed by atoms with van der Waals surface area (Å²) in [6.07, 6.45) is 5.72. The minimum atomic E-state index is 0. The maximum absolute atomic E-state index is 4.35. The second-order valence-electron chi connectivity index (χ2n) is 4.14. The van der Waals surface area contributed by atoms with Crippen molar-refractivity contribution in [2.24, 2.45) is 5.92 Å². The van der Waals surface area contributed by atoms with Gasteiger partial charge in [0.2, 0.25) is 0 Å². The van der Waals surface area contributed by atoms with Crippen LogP contribution in [0.15, 0.2) is 0 Å². The molecule has 0 aromatic heterocycles. The molecule has 1 aliphatic carbocycles. The van der Waals surface area contributed by atoms with Crippen molar-refractivity contribution >= 4 is 30.7 Å². The molecule has 1 fully saturated rings. The van der Waals surface area contributed by atoms with Crippen LogP contribution in [0.3, 0.4) is 0 Å². The van der Waals surface area contributed by atoms with E-state index in [0.29, 0.717) is 0 Å². The van der Waals surface area contributed by atoms with Gasteiger partial charge in [0.15, 0.2) is 0 Å². The van der Waals surface area contributed by atoms with Crippen molar-refractivity contribution in [2.75, 3.05) is 48.1 Å². The first kappa shape index (κ1) is 29.0. The molecule has 0 spiro atoms. The van der Waals surface area contributed by atoms with E-state index in [-0.39, 0.29) is 41.3 Å². The van der Waals surface area contributed by atoms with Crippen molar-refractivity contribution in [1.29, 1.82) is 0 Å². The fourth-order valence-corrected chi connectivity index (χ4v) is 4.35. The Bertz CT molecular complexity index is 154. The normalized spacial score (nSPS) is 21.6. The van der Waals surface area contributed by atoms with E-state index < -0.39 is 0 Å². The van der Waals surface area contributed by atoms with Gasteiger partial charge in [0, 0.05) is 3.92 Å². The summed E-state index contributed by atoms with van der Waals surface area (Å²) in [4.78, 5) is 0. The van der Waals surface area contributed by atoms with Crippen molar-refractivity contribution in [3.8, 4) is 0 Å². The molecule has 1 rings (SSSR count). The quantitative estimate of drug-likeness (QED) is 0.146. The van der Waals surface area contributed by atoms with Crippen LogP contribution in [-0.2, 0) is 25.8 Å². The molecule has 0 N–H and O–H groups in total. The summed E-state index contributed by atoms with van der Waals surface area (Å²) in [6, 6.07) is 0. The molecule has 1 saturated carbocycles. The maximum Gasteiger partial charge on any atom is 4.00 e. The molecule has 0 aliphatic heterocycles. The fraction of sp³-hybridized carbons (Fsp3) is 0.923. The summed E-state index contributed by atoms with van der Waals surface area (Å²) < 4.78 is 0.944. The zero-order chi connectivity index (χ0) is 13.7. The molecule has 3 nitrogen and oxygen atoms in total. The summed E-state index contributed by atoms with van der Waals surface area (Å²) >= 11 is 2.61. The van der Waals surface area contributed by atoms with Gasteiger partial charge >= 0.3 is 25.8 Å². The van der Waals surface area contributed by atoms with Gasteiger partial charge in [0.1, 0.15) is 0 Å². The summed E-state index contributed by atoms with van der Waals surface area (Å²) in [5.74, 6) is 0.982. The SMILES string of the molecule is C[N-]C.C[N-]C.C[N-]P(C)CC1CCCC1I.[CH3-].[Hf+4]. The smallest absolute Gasteiger partial charge is 0.668 e. The topological polar surface area (TPSA) is 42.3 Å². The fourth-order valence-electron chi connectivity index (χ4n) is 1.62. The van der Waals surface area contributed by atoms with Gasteiger partial charge in [0.25, 0.3) is 0 Å². The number of nitrogens with zero attached hydrogens (tertiary/aromatic N) is 3. The standard InChI is InChI=1S/C8H16INP.2C2H6N.CH3.Hf/c1-10-11(2)6-7-4-3-5-8(7)9;2*1-3-2;;/h7-8H,3-6H2,1-2H3;2*1-2H3;1H3;/q4*-1;+4. The van der Waals surface area contributed by atoms with Gasteiger partial charge in [-0.3, -0.25) is 0 Å². The predicted octanol–water partition coefficient (Wildman–Crippen LogP) is 5.31. The number of hydrogen-bond donors (Lipinski definition) is 0. The Hall–Kier alpha value is 1.91. The van der Waals surface area contributed by atoms with Crippen LogP contribution in [0.5, 0.6) is 0 Å². The van der Waals surface area contributed by atoms with Crippen LogP contribution in [0.25, 0.3) is 15.7 Å². The predicted molar refractivity (Wildman–Crippen MR) is 99.0 cm³/mol. The number of rotatable bonds is 3. The Morgan fingerprint density at radius 2 is 1.47 bits per heavy atom. The molecular weight excluding hydrogens is 535 g/mol. The third-order valence-electron chi connectivity index (χ3n) is 2.41. The van der Waals surface area contributed by atoms with Crippen molar-refractivity contribution < 1.29 is 25.8 Å². The van der Waals surface area contributed by atoms with E-state index in [1.54, 1.807) is 28.2 Å². The number of halogens is 1. The summed E-state index contributed by atoms with van der Waals surface area (Å²) in [7, 11) is 8.97. The molecule has 3 unspecified atom stereocenters. The number of alkyl halides is 1. The first-order valence-electron chi connectivity index (χ1n) is 5.98. The van der Waals surface area contributed by atoms with E-state index in [1.807, 2.05) is 7.05 Å². The van der Waals surface area contributed by atoms with Crippen molar-refractivity contribution in [2.45, 2.75) is 23.2 Å². The first-order valence-corrected chi connectivity index (χ1v) is 9.15. The van der Waals surface area contributed by atoms with Gasteiger partial charge in [0.05, 0.1) is 0 Å². The zero-order valence-electron chi connectivity index (χ0n) is 13.6. The van der Waals surface area contributed by atoms with Gasteiger partial charge in [-0.2, -0.15) is 35.2 Å². The summed E-state index contributed by atoms with van der Waals surface area (Å²) in [5, 5.41) is 11.3. The largest absolute Gasteiger partial charge is 4.00 e. The van der Waals surface area contributed by atoms with Crippen LogP contribution < -0.4 is 0 Å². The zero-order valence-corrected chi connectivity index (χ0v) is 20.3. The molecule has 0 aromatic rings. The van der Waals surface area contributed by atoms with Crippen LogP contribution in [-0.4, -0.2) is 52.0 Å². The summed E-state index contributed by atoms with van der Waals surface area (Å²) in [5.41, 5.74) is 0. The average Bonchev–Trinajstić information content (AvgIpc) is 2.66. The van der Waals surface area contributed by atoms with Gasteiger partial charge in [-0.1, -0.05) is 35.7 Å².